The number of hydrogen-bond acceptors (Lipinski definition) is 8. The molecule has 0 aromatic heterocycles. The van der Waals surface area contributed by atoms with Crippen molar-refractivity contribution in [3.63, 3.8) is 0 Å². The lowest BCUT2D eigenvalue weighted by atomic mass is 9.57. The van der Waals surface area contributed by atoms with Crippen molar-refractivity contribution in [3.8, 4) is 0 Å². The molecule has 1 aliphatic carbocycles. The Morgan fingerprint density at radius 1 is 0.786 bits per heavy atom. The van der Waals surface area contributed by atoms with Gasteiger partial charge >= 0.3 is 0 Å². The molecule has 3 rings (SSSR count). The Hall–Kier alpha value is -1.10. The zero-order valence-corrected chi connectivity index (χ0v) is 17.7. The van der Waals surface area contributed by atoms with Crippen molar-refractivity contribution in [2.75, 3.05) is 37.8 Å². The summed E-state index contributed by atoms with van der Waals surface area (Å²) in [6.07, 6.45) is 1.16. The Labute approximate surface area is 172 Å². The molecule has 0 spiro atoms. The van der Waals surface area contributed by atoms with Crippen LogP contribution in [0.3, 0.4) is 0 Å². The van der Waals surface area contributed by atoms with Crippen molar-refractivity contribution >= 4 is 47.2 Å². The molecule has 2 saturated heterocycles. The SMILES string of the molecule is CCCN1C(=O)C2C3C(=O)N(CCC)C(=O)C3(SCCO)C2(SCCO)C1=O. The van der Waals surface area contributed by atoms with Crippen molar-refractivity contribution < 1.29 is 29.4 Å². The van der Waals surface area contributed by atoms with Crippen LogP contribution >= 0.6 is 23.5 Å². The molecule has 0 bridgehead atoms. The third kappa shape index (κ3) is 2.47. The van der Waals surface area contributed by atoms with E-state index in [4.69, 9.17) is 0 Å². The molecule has 10 heteroatoms. The number of likely N-dealkylation sites (tertiary alicyclic amines) is 2. The third-order valence-corrected chi connectivity index (χ3v) is 9.00. The molecule has 8 nitrogen and oxygen atoms in total. The van der Waals surface area contributed by atoms with Crippen LogP contribution in [0.25, 0.3) is 0 Å². The Morgan fingerprint density at radius 2 is 1.14 bits per heavy atom. The van der Waals surface area contributed by atoms with Crippen LogP contribution in [0.4, 0.5) is 0 Å². The maximum atomic E-state index is 13.5. The molecular formula is C18H26N2O6S2. The number of rotatable bonds is 10. The second-order valence-corrected chi connectivity index (χ2v) is 9.84. The molecule has 4 amide bonds. The number of carbonyl (C=O) groups is 4. The summed E-state index contributed by atoms with van der Waals surface area (Å²) >= 11 is 2.22. The van der Waals surface area contributed by atoms with E-state index in [1.165, 1.54) is 9.80 Å². The minimum atomic E-state index is -1.40. The van der Waals surface area contributed by atoms with Gasteiger partial charge in [0.1, 0.15) is 9.49 Å². The van der Waals surface area contributed by atoms with Crippen LogP contribution in [-0.2, 0) is 19.2 Å². The van der Waals surface area contributed by atoms with E-state index in [1.807, 2.05) is 13.8 Å². The van der Waals surface area contributed by atoms with Gasteiger partial charge in [-0.1, -0.05) is 13.8 Å². The molecule has 2 aliphatic heterocycles. The first-order chi connectivity index (χ1) is 13.4. The van der Waals surface area contributed by atoms with E-state index in [2.05, 4.69) is 0 Å². The highest BCUT2D eigenvalue weighted by molar-refractivity contribution is 8.06. The van der Waals surface area contributed by atoms with Crippen molar-refractivity contribution in [2.45, 2.75) is 36.2 Å². The van der Waals surface area contributed by atoms with E-state index in [-0.39, 0.29) is 37.8 Å². The highest BCUT2D eigenvalue weighted by atomic mass is 32.2. The van der Waals surface area contributed by atoms with E-state index >= 15 is 0 Å². The summed E-state index contributed by atoms with van der Waals surface area (Å²) in [6, 6.07) is 0. The Bertz CT molecular complexity index is 646. The van der Waals surface area contributed by atoms with Gasteiger partial charge in [0.25, 0.3) is 0 Å². The van der Waals surface area contributed by atoms with Gasteiger partial charge in [-0.2, -0.15) is 0 Å². The fourth-order valence-electron chi connectivity index (χ4n) is 4.79. The molecule has 0 aromatic rings. The number of hydrogen-bond donors (Lipinski definition) is 2. The van der Waals surface area contributed by atoms with Gasteiger partial charge in [0.15, 0.2) is 0 Å². The highest BCUT2D eigenvalue weighted by Crippen LogP contribution is 2.72. The van der Waals surface area contributed by atoms with E-state index in [0.717, 1.165) is 23.5 Å². The lowest BCUT2D eigenvalue weighted by molar-refractivity contribution is -0.144. The van der Waals surface area contributed by atoms with E-state index in [9.17, 15) is 29.4 Å². The predicted octanol–water partition coefficient (Wildman–Crippen LogP) is -0.281. The molecule has 0 aromatic carbocycles. The quantitative estimate of drug-likeness (QED) is 0.455. The van der Waals surface area contributed by atoms with Crippen LogP contribution in [-0.4, -0.2) is 90.9 Å². The van der Waals surface area contributed by atoms with Crippen molar-refractivity contribution in [1.29, 1.82) is 0 Å². The predicted molar refractivity (Wildman–Crippen MR) is 106 cm³/mol. The van der Waals surface area contributed by atoms with Gasteiger partial charge < -0.3 is 10.2 Å². The number of nitrogens with zero attached hydrogens (tertiary/aromatic N) is 2. The molecule has 2 heterocycles. The topological polar surface area (TPSA) is 115 Å². The summed E-state index contributed by atoms with van der Waals surface area (Å²) in [4.78, 5) is 55.5. The number of carbonyl (C=O) groups excluding carboxylic acids is 4. The lowest BCUT2D eigenvalue weighted by Gasteiger charge is -2.56. The minimum Gasteiger partial charge on any atom is -0.396 e. The zero-order chi connectivity index (χ0) is 20.7. The molecule has 4 unspecified atom stereocenters. The van der Waals surface area contributed by atoms with Crippen LogP contribution in [0, 0.1) is 11.8 Å². The zero-order valence-electron chi connectivity index (χ0n) is 16.0. The Morgan fingerprint density at radius 3 is 1.43 bits per heavy atom. The molecule has 28 heavy (non-hydrogen) atoms. The Balaban J connectivity index is 2.15. The van der Waals surface area contributed by atoms with Gasteiger partial charge in [0, 0.05) is 24.6 Å². The van der Waals surface area contributed by atoms with Gasteiger partial charge in [-0.15, -0.1) is 23.5 Å². The van der Waals surface area contributed by atoms with Gasteiger partial charge in [-0.3, -0.25) is 29.0 Å². The maximum absolute atomic E-state index is 13.5. The van der Waals surface area contributed by atoms with Gasteiger partial charge in [-0.25, -0.2) is 0 Å². The number of thioether (sulfide) groups is 2. The first-order valence-electron chi connectivity index (χ1n) is 9.61. The maximum Gasteiger partial charge on any atom is 0.248 e. The van der Waals surface area contributed by atoms with Crippen molar-refractivity contribution in [3.05, 3.63) is 0 Å². The largest absolute Gasteiger partial charge is 0.396 e. The Kier molecular flexibility index (Phi) is 6.15. The molecule has 1 saturated carbocycles. The standard InChI is InChI=1S/C18H26N2O6S2/c1-3-5-19-13(23)11-12-14(24)20(6-4-2)16(26)18(12,28-10-8-22)17(11,15(19)25)27-9-7-21/h11-12,21-22H,3-10H2,1-2H3. The van der Waals surface area contributed by atoms with Crippen molar-refractivity contribution in [1.82, 2.24) is 9.80 Å². The average Bonchev–Trinajstić information content (AvgIpc) is 2.95. The summed E-state index contributed by atoms with van der Waals surface area (Å²) in [7, 11) is 0. The van der Waals surface area contributed by atoms with Gasteiger partial charge in [-0.05, 0) is 12.8 Å². The number of imide groups is 2. The first-order valence-corrected chi connectivity index (χ1v) is 11.6. The summed E-state index contributed by atoms with van der Waals surface area (Å²) in [5.41, 5.74) is 0. The van der Waals surface area contributed by atoms with Crippen molar-refractivity contribution in [2.24, 2.45) is 11.8 Å². The van der Waals surface area contributed by atoms with E-state index < -0.39 is 45.0 Å². The monoisotopic (exact) mass is 430 g/mol. The second-order valence-electron chi connectivity index (χ2n) is 7.16. The van der Waals surface area contributed by atoms with Crippen LogP contribution in [0.5, 0.6) is 0 Å². The minimum absolute atomic E-state index is 0.179. The molecule has 4 atom stereocenters. The summed E-state index contributed by atoms with van der Waals surface area (Å²) in [5.74, 6) is -3.12. The summed E-state index contributed by atoms with van der Waals surface area (Å²) in [6.45, 7) is 3.77. The number of amides is 4. The van der Waals surface area contributed by atoms with E-state index in [0.29, 0.717) is 12.8 Å². The fourth-order valence-corrected chi connectivity index (χ4v) is 8.13. The molecular weight excluding hydrogens is 404 g/mol. The summed E-state index contributed by atoms with van der Waals surface area (Å²) < 4.78 is -2.80. The molecule has 3 fully saturated rings. The normalized spacial score (nSPS) is 34.1. The number of aliphatic hydroxyl groups excluding tert-OH is 2. The highest BCUT2D eigenvalue weighted by Gasteiger charge is 2.90. The smallest absolute Gasteiger partial charge is 0.248 e. The molecule has 3 aliphatic rings. The average molecular weight is 431 g/mol. The number of fused-ring (bicyclic) bond motifs is 4. The number of aliphatic hydroxyl groups is 2. The molecule has 0 radical (unpaired) electrons. The van der Waals surface area contributed by atoms with Crippen LogP contribution < -0.4 is 0 Å². The van der Waals surface area contributed by atoms with Crippen LogP contribution in [0.1, 0.15) is 26.7 Å². The second kappa shape index (κ2) is 7.97. The van der Waals surface area contributed by atoms with Gasteiger partial charge in [0.05, 0.1) is 25.0 Å². The molecule has 156 valence electrons. The van der Waals surface area contributed by atoms with Gasteiger partial charge in [0.2, 0.25) is 23.6 Å². The van der Waals surface area contributed by atoms with E-state index in [1.54, 1.807) is 0 Å². The van der Waals surface area contributed by atoms with Crippen LogP contribution in [0.15, 0.2) is 0 Å². The third-order valence-electron chi connectivity index (χ3n) is 5.69. The first kappa shape index (κ1) is 21.6. The molecule has 2 N–H and O–H groups in total. The summed E-state index contributed by atoms with van der Waals surface area (Å²) in [5, 5.41) is 18.8. The lowest BCUT2D eigenvalue weighted by Crippen LogP contribution is -2.75. The fraction of sp³-hybridized carbons (Fsp3) is 0.778. The van der Waals surface area contributed by atoms with Crippen LogP contribution in [0.2, 0.25) is 0 Å².